The number of aromatic nitrogens is 2. The molecular weight excluding hydrogens is 266 g/mol. The van der Waals surface area contributed by atoms with Gasteiger partial charge in [-0.1, -0.05) is 6.92 Å². The van der Waals surface area contributed by atoms with E-state index in [1.54, 1.807) is 13.2 Å². The Morgan fingerprint density at radius 1 is 1.50 bits per heavy atom. The van der Waals surface area contributed by atoms with E-state index >= 15 is 0 Å². The topological polar surface area (TPSA) is 139 Å². The second kappa shape index (κ2) is 6.55. The van der Waals surface area contributed by atoms with Crippen LogP contribution < -0.4 is 16.4 Å². The number of nitrogens with one attached hydrogen (secondary N) is 2. The number of nitrogens with two attached hydrogens (primary N) is 1. The van der Waals surface area contributed by atoms with E-state index in [0.717, 1.165) is 0 Å². The fourth-order valence-corrected chi connectivity index (χ4v) is 1.62. The number of carboxylic acid groups (broad SMARTS) is 1. The van der Waals surface area contributed by atoms with Gasteiger partial charge in [0, 0.05) is 13.2 Å². The lowest BCUT2D eigenvalue weighted by Crippen LogP contribution is -2.45. The van der Waals surface area contributed by atoms with E-state index < -0.39 is 30.4 Å². The number of carboxylic acids is 1. The van der Waals surface area contributed by atoms with Crippen molar-refractivity contribution in [3.05, 3.63) is 11.9 Å². The average molecular weight is 283 g/mol. The molecule has 0 radical (unpaired) electrons. The van der Waals surface area contributed by atoms with Crippen LogP contribution in [0.25, 0.3) is 0 Å². The molecule has 1 heterocycles. The van der Waals surface area contributed by atoms with Gasteiger partial charge >= 0.3 is 12.0 Å². The maximum Gasteiger partial charge on any atom is 0.326 e. The summed E-state index contributed by atoms with van der Waals surface area (Å²) in [6, 6.07) is -2.10. The van der Waals surface area contributed by atoms with Crippen molar-refractivity contribution in [2.45, 2.75) is 25.8 Å². The van der Waals surface area contributed by atoms with E-state index in [2.05, 4.69) is 15.7 Å². The Bertz CT molecular complexity index is 525. The summed E-state index contributed by atoms with van der Waals surface area (Å²) >= 11 is 0. The number of amides is 3. The van der Waals surface area contributed by atoms with Gasteiger partial charge in [-0.2, -0.15) is 5.10 Å². The van der Waals surface area contributed by atoms with Crippen molar-refractivity contribution in [2.24, 2.45) is 12.8 Å². The lowest BCUT2D eigenvalue weighted by molar-refractivity contribution is -0.140. The van der Waals surface area contributed by atoms with E-state index in [-0.39, 0.29) is 0 Å². The molecule has 0 saturated heterocycles. The Morgan fingerprint density at radius 2 is 2.15 bits per heavy atom. The molecule has 0 aliphatic carbocycles. The van der Waals surface area contributed by atoms with Crippen LogP contribution in [0.1, 0.15) is 19.0 Å². The van der Waals surface area contributed by atoms with Crippen molar-refractivity contribution in [2.75, 3.05) is 5.32 Å². The van der Waals surface area contributed by atoms with Crippen LogP contribution in [0.15, 0.2) is 6.20 Å². The third kappa shape index (κ3) is 4.26. The minimum Gasteiger partial charge on any atom is -0.480 e. The van der Waals surface area contributed by atoms with Crippen LogP contribution in [0.2, 0.25) is 0 Å². The number of nitrogens with zero attached hydrogens (tertiary/aromatic N) is 2. The van der Waals surface area contributed by atoms with Crippen LogP contribution in [0, 0.1) is 0 Å². The van der Waals surface area contributed by atoms with E-state index in [9.17, 15) is 14.4 Å². The molecule has 0 aliphatic rings. The number of carbonyl (C=O) groups excluding carboxylic acids is 2. The van der Waals surface area contributed by atoms with E-state index in [0.29, 0.717) is 17.8 Å². The summed E-state index contributed by atoms with van der Waals surface area (Å²) in [5, 5.41) is 17.7. The SMILES string of the molecule is CCc1nn(C)cc1NC(=O)N[C@H](CC(N)=O)C(=O)O. The maximum atomic E-state index is 11.7. The molecule has 0 aliphatic heterocycles. The highest BCUT2D eigenvalue weighted by Gasteiger charge is 2.22. The molecule has 110 valence electrons. The second-order valence-corrected chi connectivity index (χ2v) is 4.18. The molecule has 9 heteroatoms. The Kier molecular flexibility index (Phi) is 5.07. The minimum atomic E-state index is -1.37. The van der Waals surface area contributed by atoms with E-state index in [4.69, 9.17) is 10.8 Å². The van der Waals surface area contributed by atoms with E-state index in [1.807, 2.05) is 6.92 Å². The Balaban J connectivity index is 2.70. The predicted octanol–water partition coefficient (Wildman–Crippen LogP) is -0.567. The van der Waals surface area contributed by atoms with Crippen molar-refractivity contribution in [1.29, 1.82) is 0 Å². The summed E-state index contributed by atoms with van der Waals surface area (Å²) < 4.78 is 1.53. The van der Waals surface area contributed by atoms with Gasteiger partial charge in [0.2, 0.25) is 5.91 Å². The number of hydrogen-bond donors (Lipinski definition) is 4. The highest BCUT2D eigenvalue weighted by Crippen LogP contribution is 2.13. The summed E-state index contributed by atoms with van der Waals surface area (Å²) in [5.74, 6) is -2.14. The van der Waals surface area contributed by atoms with Gasteiger partial charge in [-0.15, -0.1) is 0 Å². The first-order valence-corrected chi connectivity index (χ1v) is 5.94. The first-order chi connectivity index (χ1) is 9.33. The Labute approximate surface area is 115 Å². The van der Waals surface area contributed by atoms with Gasteiger partial charge in [0.1, 0.15) is 6.04 Å². The average Bonchev–Trinajstić information content (AvgIpc) is 2.67. The van der Waals surface area contributed by atoms with Crippen LogP contribution >= 0.6 is 0 Å². The number of urea groups is 1. The minimum absolute atomic E-state index is 0.476. The monoisotopic (exact) mass is 283 g/mol. The maximum absolute atomic E-state index is 11.7. The van der Waals surface area contributed by atoms with Gasteiger partial charge in [0.25, 0.3) is 0 Å². The Hall–Kier alpha value is -2.58. The van der Waals surface area contributed by atoms with Crippen LogP contribution in [-0.2, 0) is 23.1 Å². The molecule has 1 rings (SSSR count). The molecule has 0 fully saturated rings. The van der Waals surface area contributed by atoms with Crippen molar-refractivity contribution in [3.8, 4) is 0 Å². The smallest absolute Gasteiger partial charge is 0.326 e. The van der Waals surface area contributed by atoms with E-state index in [1.165, 1.54) is 4.68 Å². The van der Waals surface area contributed by atoms with Crippen LogP contribution in [-0.4, -0.2) is 38.8 Å². The van der Waals surface area contributed by atoms with Gasteiger partial charge in [-0.3, -0.25) is 9.48 Å². The van der Waals surface area contributed by atoms with Crippen molar-refractivity contribution in [1.82, 2.24) is 15.1 Å². The molecule has 1 aromatic heterocycles. The zero-order valence-corrected chi connectivity index (χ0v) is 11.2. The molecule has 0 spiro atoms. The number of carbonyl (C=O) groups is 3. The number of anilines is 1. The molecule has 5 N–H and O–H groups in total. The number of aliphatic carboxylic acids is 1. The van der Waals surface area contributed by atoms with Crippen LogP contribution in [0.4, 0.5) is 10.5 Å². The molecule has 3 amide bonds. The molecule has 20 heavy (non-hydrogen) atoms. The van der Waals surface area contributed by atoms with Gasteiger partial charge in [-0.05, 0) is 6.42 Å². The molecule has 0 saturated carbocycles. The number of rotatable bonds is 6. The molecular formula is C11H17N5O4. The van der Waals surface area contributed by atoms with Crippen molar-refractivity contribution < 1.29 is 19.5 Å². The zero-order chi connectivity index (χ0) is 15.3. The number of primary amides is 1. The summed E-state index contributed by atoms with van der Waals surface area (Å²) in [5.41, 5.74) is 6.07. The third-order valence-corrected chi connectivity index (χ3v) is 2.50. The third-order valence-electron chi connectivity index (χ3n) is 2.50. The summed E-state index contributed by atoms with van der Waals surface area (Å²) in [4.78, 5) is 33.3. The highest BCUT2D eigenvalue weighted by atomic mass is 16.4. The lowest BCUT2D eigenvalue weighted by Gasteiger charge is -2.13. The molecule has 0 bridgehead atoms. The van der Waals surface area contributed by atoms with Crippen LogP contribution in [0.3, 0.4) is 0 Å². The second-order valence-electron chi connectivity index (χ2n) is 4.18. The first kappa shape index (κ1) is 15.5. The van der Waals surface area contributed by atoms with Gasteiger partial charge in [-0.25, -0.2) is 9.59 Å². The fourth-order valence-electron chi connectivity index (χ4n) is 1.62. The summed E-state index contributed by atoms with van der Waals surface area (Å²) in [6.45, 7) is 1.87. The largest absolute Gasteiger partial charge is 0.480 e. The summed E-state index contributed by atoms with van der Waals surface area (Å²) in [7, 11) is 1.70. The highest BCUT2D eigenvalue weighted by molar-refractivity contribution is 5.94. The van der Waals surface area contributed by atoms with Crippen LogP contribution in [0.5, 0.6) is 0 Å². The first-order valence-electron chi connectivity index (χ1n) is 5.94. The lowest BCUT2D eigenvalue weighted by atomic mass is 10.2. The predicted molar refractivity (Wildman–Crippen MR) is 70.0 cm³/mol. The normalized spacial score (nSPS) is 11.7. The number of aryl methyl sites for hydroxylation is 2. The number of hydrogen-bond acceptors (Lipinski definition) is 4. The molecule has 0 unspecified atom stereocenters. The quantitative estimate of drug-likeness (QED) is 0.553. The van der Waals surface area contributed by atoms with Gasteiger partial charge in [0.15, 0.2) is 0 Å². The van der Waals surface area contributed by atoms with Crippen molar-refractivity contribution in [3.63, 3.8) is 0 Å². The van der Waals surface area contributed by atoms with Gasteiger partial charge < -0.3 is 21.5 Å². The standard InChI is InChI=1S/C11H17N5O4/c1-3-6-8(5-16(2)15-6)14-11(20)13-7(10(18)19)4-9(12)17/h5,7H,3-4H2,1-2H3,(H2,12,17)(H,18,19)(H2,13,14,20)/t7-/m1/s1. The molecule has 9 nitrogen and oxygen atoms in total. The molecule has 0 aromatic carbocycles. The van der Waals surface area contributed by atoms with Gasteiger partial charge in [0.05, 0.1) is 17.8 Å². The Morgan fingerprint density at radius 3 is 2.65 bits per heavy atom. The summed E-state index contributed by atoms with van der Waals surface area (Å²) in [6.07, 6.45) is 1.73. The molecule has 1 aromatic rings. The zero-order valence-electron chi connectivity index (χ0n) is 11.2. The molecule has 1 atom stereocenters. The fraction of sp³-hybridized carbons (Fsp3) is 0.455. The van der Waals surface area contributed by atoms with Crippen molar-refractivity contribution >= 4 is 23.6 Å².